The van der Waals surface area contributed by atoms with Gasteiger partial charge >= 0.3 is 0 Å². The van der Waals surface area contributed by atoms with E-state index >= 15 is 0 Å². The molecule has 0 aliphatic carbocycles. The van der Waals surface area contributed by atoms with Gasteiger partial charge in [-0.1, -0.05) is 31.9 Å². The van der Waals surface area contributed by atoms with Crippen molar-refractivity contribution in [3.8, 4) is 12.3 Å². The highest BCUT2D eigenvalue weighted by molar-refractivity contribution is 7.80. The van der Waals surface area contributed by atoms with Gasteiger partial charge in [-0.15, -0.1) is 6.42 Å². The van der Waals surface area contributed by atoms with E-state index in [1.54, 1.807) is 0 Å². The summed E-state index contributed by atoms with van der Waals surface area (Å²) in [5.74, 6) is 3.01. The zero-order valence-electron chi connectivity index (χ0n) is 9.58. The zero-order valence-corrected chi connectivity index (χ0v) is 10.4. The average Bonchev–Trinajstić information content (AvgIpc) is 2.27. The molecule has 84 valence electrons. The molecule has 16 heavy (non-hydrogen) atoms. The van der Waals surface area contributed by atoms with Crippen LogP contribution in [0.15, 0.2) is 24.3 Å². The van der Waals surface area contributed by atoms with E-state index in [1.807, 2.05) is 12.1 Å². The second kappa shape index (κ2) is 6.14. The van der Waals surface area contributed by atoms with Gasteiger partial charge in [0.25, 0.3) is 0 Å². The summed E-state index contributed by atoms with van der Waals surface area (Å²) in [5, 5.41) is 6.52. The minimum absolute atomic E-state index is 0.440. The molecule has 1 rings (SSSR count). The highest BCUT2D eigenvalue weighted by Gasteiger charge is 1.99. The second-order valence-electron chi connectivity index (χ2n) is 3.79. The SMILES string of the molecule is C#CCNC(=S)Nc1ccc(C(C)C)cc1. The van der Waals surface area contributed by atoms with Gasteiger partial charge in [-0.05, 0) is 35.8 Å². The Labute approximate surface area is 102 Å². The van der Waals surface area contributed by atoms with Crippen LogP contribution in [0.2, 0.25) is 0 Å². The van der Waals surface area contributed by atoms with Gasteiger partial charge in [-0.2, -0.15) is 0 Å². The van der Waals surface area contributed by atoms with Crippen LogP contribution in [0, 0.1) is 12.3 Å². The van der Waals surface area contributed by atoms with Crippen LogP contribution in [-0.4, -0.2) is 11.7 Å². The molecule has 0 spiro atoms. The molecular formula is C13H16N2S. The molecule has 1 aromatic rings. The number of hydrogen-bond acceptors (Lipinski definition) is 1. The molecule has 0 unspecified atom stereocenters. The lowest BCUT2D eigenvalue weighted by atomic mass is 10.0. The molecule has 0 saturated heterocycles. The lowest BCUT2D eigenvalue weighted by Crippen LogP contribution is -2.28. The Morgan fingerprint density at radius 3 is 2.50 bits per heavy atom. The van der Waals surface area contributed by atoms with Crippen molar-refractivity contribution >= 4 is 23.0 Å². The Hall–Kier alpha value is -1.53. The number of anilines is 1. The maximum absolute atomic E-state index is 5.12. The fourth-order valence-electron chi connectivity index (χ4n) is 1.26. The van der Waals surface area contributed by atoms with Crippen molar-refractivity contribution in [2.75, 3.05) is 11.9 Å². The Morgan fingerprint density at radius 2 is 2.00 bits per heavy atom. The topological polar surface area (TPSA) is 24.1 Å². The van der Waals surface area contributed by atoms with Crippen LogP contribution in [0.1, 0.15) is 25.3 Å². The molecule has 0 aliphatic rings. The summed E-state index contributed by atoms with van der Waals surface area (Å²) in [5.41, 5.74) is 2.28. The highest BCUT2D eigenvalue weighted by atomic mass is 32.1. The summed E-state index contributed by atoms with van der Waals surface area (Å²) in [7, 11) is 0. The van der Waals surface area contributed by atoms with Crippen LogP contribution in [0.25, 0.3) is 0 Å². The lowest BCUT2D eigenvalue weighted by Gasteiger charge is -2.10. The normalized spacial score (nSPS) is 9.62. The fraction of sp³-hybridized carbons (Fsp3) is 0.308. The Morgan fingerprint density at radius 1 is 1.38 bits per heavy atom. The molecule has 3 heteroatoms. The number of hydrogen-bond donors (Lipinski definition) is 2. The molecule has 2 N–H and O–H groups in total. The summed E-state index contributed by atoms with van der Waals surface area (Å²) in [6.07, 6.45) is 5.12. The average molecular weight is 232 g/mol. The standard InChI is InChI=1S/C13H16N2S/c1-4-9-14-13(16)15-12-7-5-11(6-8-12)10(2)3/h1,5-8,10H,9H2,2-3H3,(H2,14,15,16). The smallest absolute Gasteiger partial charge is 0.171 e. The molecular weight excluding hydrogens is 216 g/mol. The van der Waals surface area contributed by atoms with E-state index < -0.39 is 0 Å². The minimum Gasteiger partial charge on any atom is -0.352 e. The van der Waals surface area contributed by atoms with Crippen molar-refractivity contribution in [2.24, 2.45) is 0 Å². The predicted octanol–water partition coefficient (Wildman–Crippen LogP) is 2.73. The zero-order chi connectivity index (χ0) is 12.0. The van der Waals surface area contributed by atoms with Gasteiger partial charge in [0.15, 0.2) is 5.11 Å². The molecule has 0 saturated carbocycles. The highest BCUT2D eigenvalue weighted by Crippen LogP contribution is 2.16. The van der Waals surface area contributed by atoms with Gasteiger partial charge in [0.2, 0.25) is 0 Å². The number of rotatable bonds is 3. The van der Waals surface area contributed by atoms with E-state index in [9.17, 15) is 0 Å². The van der Waals surface area contributed by atoms with E-state index in [2.05, 4.69) is 42.5 Å². The van der Waals surface area contributed by atoms with Crippen LogP contribution in [-0.2, 0) is 0 Å². The molecule has 1 aromatic carbocycles. The van der Waals surface area contributed by atoms with Crippen LogP contribution >= 0.6 is 12.2 Å². The maximum Gasteiger partial charge on any atom is 0.171 e. The van der Waals surface area contributed by atoms with Crippen LogP contribution < -0.4 is 10.6 Å². The second-order valence-corrected chi connectivity index (χ2v) is 4.20. The lowest BCUT2D eigenvalue weighted by molar-refractivity contribution is 0.867. The number of benzene rings is 1. The van der Waals surface area contributed by atoms with E-state index in [4.69, 9.17) is 18.6 Å². The quantitative estimate of drug-likeness (QED) is 0.619. The Bertz CT molecular complexity index is 387. The van der Waals surface area contributed by atoms with Gasteiger partial charge in [-0.25, -0.2) is 0 Å². The summed E-state index contributed by atoms with van der Waals surface area (Å²) in [4.78, 5) is 0. The van der Waals surface area contributed by atoms with Gasteiger partial charge in [0, 0.05) is 5.69 Å². The minimum atomic E-state index is 0.440. The van der Waals surface area contributed by atoms with Crippen LogP contribution in [0.5, 0.6) is 0 Å². The van der Waals surface area contributed by atoms with E-state index in [1.165, 1.54) is 5.56 Å². The number of terminal acetylenes is 1. The van der Waals surface area contributed by atoms with E-state index in [0.29, 0.717) is 17.6 Å². The van der Waals surface area contributed by atoms with Crippen LogP contribution in [0.4, 0.5) is 5.69 Å². The van der Waals surface area contributed by atoms with Crippen molar-refractivity contribution in [1.82, 2.24) is 5.32 Å². The molecule has 0 heterocycles. The molecule has 0 bridgehead atoms. The molecule has 0 fully saturated rings. The van der Waals surface area contributed by atoms with Crippen molar-refractivity contribution in [3.05, 3.63) is 29.8 Å². The maximum atomic E-state index is 5.12. The third-order valence-corrected chi connectivity index (χ3v) is 2.43. The van der Waals surface area contributed by atoms with Crippen molar-refractivity contribution in [2.45, 2.75) is 19.8 Å². The predicted molar refractivity (Wildman–Crippen MR) is 73.6 cm³/mol. The summed E-state index contributed by atoms with van der Waals surface area (Å²) in [6, 6.07) is 8.21. The Balaban J connectivity index is 2.55. The van der Waals surface area contributed by atoms with Crippen molar-refractivity contribution < 1.29 is 0 Å². The third-order valence-electron chi connectivity index (χ3n) is 2.19. The summed E-state index contributed by atoms with van der Waals surface area (Å²) < 4.78 is 0. The van der Waals surface area contributed by atoms with Gasteiger partial charge in [0.05, 0.1) is 6.54 Å². The van der Waals surface area contributed by atoms with Crippen molar-refractivity contribution in [3.63, 3.8) is 0 Å². The van der Waals surface area contributed by atoms with Gasteiger partial charge < -0.3 is 10.6 Å². The number of nitrogens with one attached hydrogen (secondary N) is 2. The third kappa shape index (κ3) is 3.92. The molecule has 0 aromatic heterocycles. The Kier molecular flexibility index (Phi) is 4.81. The largest absolute Gasteiger partial charge is 0.352 e. The summed E-state index contributed by atoms with van der Waals surface area (Å²) in [6.45, 7) is 4.78. The van der Waals surface area contributed by atoms with E-state index in [-0.39, 0.29) is 0 Å². The molecule has 0 radical (unpaired) electrons. The first-order valence-electron chi connectivity index (χ1n) is 5.21. The summed E-state index contributed by atoms with van der Waals surface area (Å²) >= 11 is 5.07. The van der Waals surface area contributed by atoms with E-state index in [0.717, 1.165) is 5.69 Å². The molecule has 0 aliphatic heterocycles. The molecule has 2 nitrogen and oxygen atoms in total. The first-order chi connectivity index (χ1) is 7.63. The first-order valence-corrected chi connectivity index (χ1v) is 5.62. The fourth-order valence-corrected chi connectivity index (χ4v) is 1.45. The van der Waals surface area contributed by atoms with Gasteiger partial charge in [0.1, 0.15) is 0 Å². The number of thiocarbonyl (C=S) groups is 1. The molecule has 0 amide bonds. The molecule has 0 atom stereocenters. The van der Waals surface area contributed by atoms with Crippen molar-refractivity contribution in [1.29, 1.82) is 0 Å². The first kappa shape index (κ1) is 12.5. The van der Waals surface area contributed by atoms with Gasteiger partial charge in [-0.3, -0.25) is 0 Å². The van der Waals surface area contributed by atoms with Crippen LogP contribution in [0.3, 0.4) is 0 Å². The monoisotopic (exact) mass is 232 g/mol.